The topological polar surface area (TPSA) is 48.0 Å². The fraction of sp³-hybridized carbons (Fsp3) is 0.158. The maximum atomic E-state index is 12.9. The van der Waals surface area contributed by atoms with E-state index < -0.39 is 0 Å². The fourth-order valence-corrected chi connectivity index (χ4v) is 4.09. The van der Waals surface area contributed by atoms with Crippen LogP contribution in [0.3, 0.4) is 0 Å². The van der Waals surface area contributed by atoms with Crippen LogP contribution in [0.25, 0.3) is 6.08 Å². The average molecular weight is 422 g/mol. The molecule has 1 amide bonds. The zero-order valence-electron chi connectivity index (χ0n) is 14.8. The number of thiocarbonyl (C=S) groups is 1. The molecule has 0 atom stereocenters. The van der Waals surface area contributed by atoms with Gasteiger partial charge in [-0.2, -0.15) is 0 Å². The third kappa shape index (κ3) is 3.90. The molecule has 0 spiro atoms. The Labute approximate surface area is 171 Å². The molecule has 1 fully saturated rings. The second-order valence-corrected chi connectivity index (χ2v) is 7.56. The van der Waals surface area contributed by atoms with E-state index >= 15 is 0 Å². The summed E-state index contributed by atoms with van der Waals surface area (Å²) in [6.45, 7) is 0. The molecule has 1 aliphatic heterocycles. The Morgan fingerprint density at radius 1 is 1.04 bits per heavy atom. The maximum absolute atomic E-state index is 12.9. The summed E-state index contributed by atoms with van der Waals surface area (Å²) in [5, 5.41) is 0.534. The first-order valence-corrected chi connectivity index (χ1v) is 9.42. The summed E-state index contributed by atoms with van der Waals surface area (Å²) < 4.78 is 16.5. The van der Waals surface area contributed by atoms with Crippen molar-refractivity contribution >= 4 is 57.6 Å². The predicted molar refractivity (Wildman–Crippen MR) is 113 cm³/mol. The minimum Gasteiger partial charge on any atom is -0.496 e. The third-order valence-corrected chi connectivity index (χ3v) is 5.42. The molecule has 0 radical (unpaired) electrons. The molecule has 27 heavy (non-hydrogen) atoms. The number of methoxy groups -OCH3 is 3. The first kappa shape index (κ1) is 19.5. The van der Waals surface area contributed by atoms with E-state index in [1.807, 2.05) is 0 Å². The second-order valence-electron chi connectivity index (χ2n) is 5.45. The van der Waals surface area contributed by atoms with Crippen LogP contribution in [0.1, 0.15) is 5.56 Å². The smallest absolute Gasteiger partial charge is 0.270 e. The van der Waals surface area contributed by atoms with E-state index in [1.165, 1.54) is 16.7 Å². The summed E-state index contributed by atoms with van der Waals surface area (Å²) in [6, 6.07) is 10.5. The zero-order chi connectivity index (χ0) is 19.6. The number of rotatable bonds is 5. The van der Waals surface area contributed by atoms with Crippen molar-refractivity contribution in [1.82, 2.24) is 0 Å². The van der Waals surface area contributed by atoms with E-state index in [4.69, 9.17) is 38.0 Å². The number of halogens is 1. The summed E-state index contributed by atoms with van der Waals surface area (Å²) in [5.74, 6) is 1.41. The van der Waals surface area contributed by atoms with Gasteiger partial charge in [0.2, 0.25) is 0 Å². The first-order chi connectivity index (χ1) is 13.0. The van der Waals surface area contributed by atoms with Crippen LogP contribution in [-0.2, 0) is 4.79 Å². The molecule has 8 heteroatoms. The normalized spacial score (nSPS) is 15.4. The van der Waals surface area contributed by atoms with Crippen LogP contribution in [0.5, 0.6) is 17.2 Å². The van der Waals surface area contributed by atoms with Crippen LogP contribution in [0.2, 0.25) is 5.02 Å². The van der Waals surface area contributed by atoms with Crippen molar-refractivity contribution in [3.05, 3.63) is 51.9 Å². The highest BCUT2D eigenvalue weighted by Crippen LogP contribution is 2.40. The van der Waals surface area contributed by atoms with Gasteiger partial charge in [0.25, 0.3) is 5.91 Å². The summed E-state index contributed by atoms with van der Waals surface area (Å²) in [4.78, 5) is 14.9. The molecule has 1 aliphatic rings. The number of nitrogens with zero attached hydrogens (tertiary/aromatic N) is 1. The Balaban J connectivity index is 2.01. The van der Waals surface area contributed by atoms with Crippen molar-refractivity contribution in [2.24, 2.45) is 0 Å². The molecule has 0 unspecified atom stereocenters. The average Bonchev–Trinajstić information content (AvgIpc) is 2.94. The lowest BCUT2D eigenvalue weighted by Crippen LogP contribution is -2.27. The monoisotopic (exact) mass is 421 g/mol. The predicted octanol–water partition coefficient (Wildman–Crippen LogP) is 4.77. The fourth-order valence-electron chi connectivity index (χ4n) is 2.61. The van der Waals surface area contributed by atoms with E-state index in [9.17, 15) is 4.79 Å². The van der Waals surface area contributed by atoms with Gasteiger partial charge in [0, 0.05) is 16.7 Å². The van der Waals surface area contributed by atoms with Crippen molar-refractivity contribution in [1.29, 1.82) is 0 Å². The number of carbonyl (C=O) groups excluding carboxylic acids is 1. The van der Waals surface area contributed by atoms with E-state index in [0.717, 1.165) is 0 Å². The number of anilines is 1. The number of amides is 1. The maximum Gasteiger partial charge on any atom is 0.270 e. The minimum atomic E-state index is -0.218. The molecule has 2 aromatic carbocycles. The van der Waals surface area contributed by atoms with Crippen molar-refractivity contribution in [3.63, 3.8) is 0 Å². The Kier molecular flexibility index (Phi) is 5.94. The Morgan fingerprint density at radius 2 is 1.70 bits per heavy atom. The molecule has 0 N–H and O–H groups in total. The van der Waals surface area contributed by atoms with Crippen LogP contribution in [-0.4, -0.2) is 31.6 Å². The van der Waals surface area contributed by atoms with Crippen LogP contribution < -0.4 is 19.1 Å². The molecule has 1 saturated heterocycles. The lowest BCUT2D eigenvalue weighted by atomic mass is 10.1. The summed E-state index contributed by atoms with van der Waals surface area (Å²) in [5.41, 5.74) is 1.31. The van der Waals surface area contributed by atoms with E-state index in [1.54, 1.807) is 63.8 Å². The number of thioether (sulfide) groups is 1. The largest absolute Gasteiger partial charge is 0.496 e. The van der Waals surface area contributed by atoms with E-state index in [2.05, 4.69) is 0 Å². The van der Waals surface area contributed by atoms with Crippen molar-refractivity contribution < 1.29 is 19.0 Å². The van der Waals surface area contributed by atoms with Gasteiger partial charge < -0.3 is 14.2 Å². The van der Waals surface area contributed by atoms with Gasteiger partial charge in [-0.15, -0.1) is 0 Å². The molecule has 3 rings (SSSR count). The first-order valence-electron chi connectivity index (χ1n) is 7.82. The lowest BCUT2D eigenvalue weighted by molar-refractivity contribution is -0.113. The summed E-state index contributed by atoms with van der Waals surface area (Å²) >= 11 is 12.7. The van der Waals surface area contributed by atoms with Gasteiger partial charge in [0.1, 0.15) is 5.75 Å². The van der Waals surface area contributed by atoms with Crippen LogP contribution in [0.15, 0.2) is 41.3 Å². The highest BCUT2D eigenvalue weighted by molar-refractivity contribution is 8.27. The van der Waals surface area contributed by atoms with Crippen molar-refractivity contribution in [2.45, 2.75) is 0 Å². The zero-order valence-corrected chi connectivity index (χ0v) is 17.2. The highest BCUT2D eigenvalue weighted by Gasteiger charge is 2.33. The van der Waals surface area contributed by atoms with Gasteiger partial charge in [-0.3, -0.25) is 9.69 Å². The molecule has 5 nitrogen and oxygen atoms in total. The Morgan fingerprint density at radius 3 is 2.33 bits per heavy atom. The molecule has 1 heterocycles. The molecule has 2 aromatic rings. The third-order valence-electron chi connectivity index (χ3n) is 3.88. The lowest BCUT2D eigenvalue weighted by Gasteiger charge is -2.14. The number of benzene rings is 2. The molecule has 0 aliphatic carbocycles. The number of carbonyl (C=O) groups is 1. The van der Waals surface area contributed by atoms with Crippen molar-refractivity contribution in [2.75, 3.05) is 26.2 Å². The van der Waals surface area contributed by atoms with Crippen LogP contribution in [0.4, 0.5) is 5.69 Å². The van der Waals surface area contributed by atoms with Crippen molar-refractivity contribution in [3.8, 4) is 17.2 Å². The molecule has 0 bridgehead atoms. The second kappa shape index (κ2) is 8.21. The highest BCUT2D eigenvalue weighted by atomic mass is 35.5. The van der Waals surface area contributed by atoms with Gasteiger partial charge in [0.15, 0.2) is 15.8 Å². The number of ether oxygens (including phenoxy) is 3. The van der Waals surface area contributed by atoms with Gasteiger partial charge in [0.05, 0.1) is 31.9 Å². The minimum absolute atomic E-state index is 0.218. The Bertz CT molecular complexity index is 945. The van der Waals surface area contributed by atoms with E-state index in [-0.39, 0.29) is 5.91 Å². The number of hydrogen-bond acceptors (Lipinski definition) is 6. The van der Waals surface area contributed by atoms with Gasteiger partial charge in [-0.1, -0.05) is 41.6 Å². The molecule has 0 aromatic heterocycles. The quantitative estimate of drug-likeness (QED) is 0.512. The van der Waals surface area contributed by atoms with Gasteiger partial charge in [-0.05, 0) is 30.3 Å². The standard InChI is InChI=1S/C19H16ClNO4S2/c1-23-14-10-16(25-3)15(24-2)7-11(14)8-17-18(22)21(19(26)27-17)13-6-4-5-12(20)9-13/h4-10H,1-3H3/b17-8-. The van der Waals surface area contributed by atoms with E-state index in [0.29, 0.717) is 42.7 Å². The van der Waals surface area contributed by atoms with Gasteiger partial charge >= 0.3 is 0 Å². The van der Waals surface area contributed by atoms with Gasteiger partial charge in [-0.25, -0.2) is 0 Å². The molecular weight excluding hydrogens is 406 g/mol. The summed E-state index contributed by atoms with van der Waals surface area (Å²) in [7, 11) is 4.65. The SMILES string of the molecule is COc1cc(OC)c(OC)cc1/C=C1\SC(=S)N(c2cccc(Cl)c2)C1=O. The molecular formula is C19H16ClNO4S2. The molecule has 0 saturated carbocycles. The summed E-state index contributed by atoms with van der Waals surface area (Å²) in [6.07, 6.45) is 1.73. The molecule has 140 valence electrons. The number of hydrogen-bond donors (Lipinski definition) is 0. The van der Waals surface area contributed by atoms with Crippen LogP contribution >= 0.6 is 35.6 Å². The van der Waals surface area contributed by atoms with Crippen LogP contribution in [0, 0.1) is 0 Å². The Hall–Kier alpha value is -2.22.